The number of hydrogen-bond acceptors (Lipinski definition) is 6. The molecule has 0 unspecified atom stereocenters. The molecule has 36 heavy (non-hydrogen) atoms. The summed E-state index contributed by atoms with van der Waals surface area (Å²) in [6.45, 7) is 1.86. The van der Waals surface area contributed by atoms with Gasteiger partial charge in [-0.2, -0.15) is 0 Å². The highest BCUT2D eigenvalue weighted by molar-refractivity contribution is 6.51. The molecule has 0 saturated carbocycles. The molecular weight excluding hydrogens is 454 g/mol. The molecule has 4 heterocycles. The number of aromatic amines is 1. The average molecular weight is 482 g/mol. The maximum Gasteiger partial charge on any atom is 0.343 e. The van der Waals surface area contributed by atoms with Gasteiger partial charge in [0.15, 0.2) is 5.82 Å². The first-order chi connectivity index (χ1) is 17.6. The second-order valence-electron chi connectivity index (χ2n) is 9.22. The number of aromatic nitrogens is 4. The lowest BCUT2D eigenvalue weighted by Crippen LogP contribution is -2.42. The standard InChI is InChI=1S/C27H27N7O2/c1-32-16-21(20-9-5-6-10-23(20)32)25(35)22-15-24(29-17-28-22)33-13-11-19(12-14-33)34-27(36)30-26(31-34)18-7-3-2-4-8-18/h2-10,15-16,19,29H,11-14,17H2,1H3,(H,30,31,36). The molecule has 2 aromatic carbocycles. The van der Waals surface area contributed by atoms with E-state index in [4.69, 9.17) is 0 Å². The molecule has 2 aliphatic rings. The van der Waals surface area contributed by atoms with Gasteiger partial charge < -0.3 is 14.8 Å². The smallest absolute Gasteiger partial charge is 0.343 e. The Balaban J connectivity index is 1.17. The van der Waals surface area contributed by atoms with Crippen molar-refractivity contribution in [2.75, 3.05) is 19.8 Å². The van der Waals surface area contributed by atoms with E-state index in [2.05, 4.69) is 25.3 Å². The summed E-state index contributed by atoms with van der Waals surface area (Å²) in [5, 5.41) is 8.81. The molecule has 0 amide bonds. The molecule has 182 valence electrons. The number of benzene rings is 2. The topological polar surface area (TPSA) is 100 Å². The van der Waals surface area contributed by atoms with Gasteiger partial charge in [0.1, 0.15) is 18.2 Å². The predicted octanol–water partition coefficient (Wildman–Crippen LogP) is 3.09. The van der Waals surface area contributed by atoms with Crippen LogP contribution in [0, 0.1) is 0 Å². The van der Waals surface area contributed by atoms with Crippen molar-refractivity contribution in [2.24, 2.45) is 12.0 Å². The van der Waals surface area contributed by atoms with E-state index in [1.807, 2.05) is 78.5 Å². The molecule has 2 aliphatic heterocycles. The van der Waals surface area contributed by atoms with Crippen molar-refractivity contribution in [1.29, 1.82) is 0 Å². The number of Topliss-reactive ketones (excluding diaryl/α,β-unsaturated/α-hetero) is 1. The van der Waals surface area contributed by atoms with Crippen LogP contribution in [0.15, 0.2) is 82.5 Å². The fraction of sp³-hybridized carbons (Fsp3) is 0.259. The monoisotopic (exact) mass is 481 g/mol. The zero-order chi connectivity index (χ0) is 24.6. The van der Waals surface area contributed by atoms with E-state index in [1.54, 1.807) is 4.68 Å². The van der Waals surface area contributed by atoms with Crippen molar-refractivity contribution >= 4 is 22.4 Å². The number of hydrogen-bond donors (Lipinski definition) is 2. The molecule has 2 aromatic heterocycles. The van der Waals surface area contributed by atoms with Crippen molar-refractivity contribution in [3.05, 3.63) is 88.7 Å². The summed E-state index contributed by atoms with van der Waals surface area (Å²) >= 11 is 0. The summed E-state index contributed by atoms with van der Waals surface area (Å²) in [6, 6.07) is 17.6. The fourth-order valence-corrected chi connectivity index (χ4v) is 5.09. The Hall–Kier alpha value is -4.40. The van der Waals surface area contributed by atoms with Gasteiger partial charge in [-0.15, -0.1) is 5.10 Å². The van der Waals surface area contributed by atoms with Crippen LogP contribution >= 0.6 is 0 Å². The highest BCUT2D eigenvalue weighted by Crippen LogP contribution is 2.25. The summed E-state index contributed by atoms with van der Waals surface area (Å²) < 4.78 is 3.55. The van der Waals surface area contributed by atoms with Crippen LogP contribution in [0.1, 0.15) is 29.2 Å². The molecule has 1 fully saturated rings. The van der Waals surface area contributed by atoms with Gasteiger partial charge in [-0.05, 0) is 18.9 Å². The fourth-order valence-electron chi connectivity index (χ4n) is 5.09. The minimum atomic E-state index is -0.183. The SMILES string of the molecule is Cn1cc(C(=O)C2=NCNC(N3CCC(n4nc(-c5ccccc5)[nH]c4=O)CC3)=C2)c2ccccc21. The maximum absolute atomic E-state index is 13.4. The van der Waals surface area contributed by atoms with Crippen LogP contribution in [-0.2, 0) is 7.05 Å². The van der Waals surface area contributed by atoms with E-state index in [0.29, 0.717) is 23.8 Å². The minimum absolute atomic E-state index is 0.0251. The van der Waals surface area contributed by atoms with Gasteiger partial charge in [0.05, 0.1) is 6.04 Å². The van der Waals surface area contributed by atoms with E-state index in [-0.39, 0.29) is 17.5 Å². The molecule has 0 atom stereocenters. The first-order valence-corrected chi connectivity index (χ1v) is 12.2. The van der Waals surface area contributed by atoms with E-state index < -0.39 is 0 Å². The van der Waals surface area contributed by atoms with Gasteiger partial charge in [0, 0.05) is 54.4 Å². The highest BCUT2D eigenvalue weighted by Gasteiger charge is 2.27. The van der Waals surface area contributed by atoms with Gasteiger partial charge in [-0.25, -0.2) is 9.48 Å². The summed E-state index contributed by atoms with van der Waals surface area (Å²) in [5.74, 6) is 1.41. The first kappa shape index (κ1) is 22.1. The third-order valence-electron chi connectivity index (χ3n) is 7.00. The lowest BCUT2D eigenvalue weighted by molar-refractivity contribution is 0.106. The lowest BCUT2D eigenvalue weighted by Gasteiger charge is -2.35. The molecule has 1 saturated heterocycles. The number of ketones is 1. The van der Waals surface area contributed by atoms with E-state index in [0.717, 1.165) is 48.2 Å². The van der Waals surface area contributed by atoms with Gasteiger partial charge in [0.2, 0.25) is 5.78 Å². The number of rotatable bonds is 5. The largest absolute Gasteiger partial charge is 0.358 e. The van der Waals surface area contributed by atoms with Crippen molar-refractivity contribution in [3.8, 4) is 11.4 Å². The first-order valence-electron chi connectivity index (χ1n) is 12.2. The molecular formula is C27H27N7O2. The zero-order valence-electron chi connectivity index (χ0n) is 20.0. The summed E-state index contributed by atoms with van der Waals surface area (Å²) in [5.41, 5.74) is 2.85. The lowest BCUT2D eigenvalue weighted by atomic mass is 10.0. The molecule has 0 spiro atoms. The third-order valence-corrected chi connectivity index (χ3v) is 7.00. The van der Waals surface area contributed by atoms with E-state index >= 15 is 0 Å². The van der Waals surface area contributed by atoms with Crippen molar-refractivity contribution < 1.29 is 4.79 Å². The van der Waals surface area contributed by atoms with Gasteiger partial charge in [-0.3, -0.25) is 14.8 Å². The number of nitrogens with zero attached hydrogens (tertiary/aromatic N) is 5. The number of nitrogens with one attached hydrogen (secondary N) is 2. The van der Waals surface area contributed by atoms with Crippen LogP contribution in [0.2, 0.25) is 0 Å². The normalized spacial score (nSPS) is 16.5. The molecule has 6 rings (SSSR count). The Bertz CT molecular complexity index is 1550. The number of piperidine rings is 1. The Labute approximate surface area is 207 Å². The molecule has 9 heteroatoms. The van der Waals surface area contributed by atoms with Crippen LogP contribution in [0.3, 0.4) is 0 Å². The quantitative estimate of drug-likeness (QED) is 0.427. The third kappa shape index (κ3) is 3.92. The van der Waals surface area contributed by atoms with Crippen LogP contribution in [0.25, 0.3) is 22.3 Å². The van der Waals surface area contributed by atoms with Crippen LogP contribution in [0.5, 0.6) is 0 Å². The molecule has 2 N–H and O–H groups in total. The van der Waals surface area contributed by atoms with E-state index in [1.165, 1.54) is 0 Å². The summed E-state index contributed by atoms with van der Waals surface area (Å²) in [6.07, 6.45) is 5.29. The molecule has 9 nitrogen and oxygen atoms in total. The van der Waals surface area contributed by atoms with Gasteiger partial charge >= 0.3 is 5.69 Å². The number of aliphatic imine (C=N–C) groups is 1. The second-order valence-corrected chi connectivity index (χ2v) is 9.22. The van der Waals surface area contributed by atoms with Crippen molar-refractivity contribution in [1.82, 2.24) is 29.5 Å². The number of carbonyl (C=O) groups excluding carboxylic acids is 1. The summed E-state index contributed by atoms with van der Waals surface area (Å²) in [4.78, 5) is 35.5. The number of H-pyrrole nitrogens is 1. The minimum Gasteiger partial charge on any atom is -0.358 e. The number of aryl methyl sites for hydroxylation is 1. The Morgan fingerprint density at radius 2 is 1.78 bits per heavy atom. The van der Waals surface area contributed by atoms with Crippen molar-refractivity contribution in [3.63, 3.8) is 0 Å². The molecule has 4 aromatic rings. The summed E-state index contributed by atoms with van der Waals surface area (Å²) in [7, 11) is 1.95. The van der Waals surface area contributed by atoms with Crippen LogP contribution in [-0.4, -0.2) is 55.5 Å². The van der Waals surface area contributed by atoms with E-state index in [9.17, 15) is 9.59 Å². The number of para-hydroxylation sites is 1. The zero-order valence-corrected chi connectivity index (χ0v) is 20.0. The molecule has 0 bridgehead atoms. The number of likely N-dealkylation sites (tertiary alicyclic amines) is 1. The van der Waals surface area contributed by atoms with Gasteiger partial charge in [0.25, 0.3) is 0 Å². The number of fused-ring (bicyclic) bond motifs is 1. The number of carbonyl (C=O) groups is 1. The van der Waals surface area contributed by atoms with Gasteiger partial charge in [-0.1, -0.05) is 48.5 Å². The molecule has 0 radical (unpaired) electrons. The average Bonchev–Trinajstić information content (AvgIpc) is 3.49. The predicted molar refractivity (Wildman–Crippen MR) is 139 cm³/mol. The second kappa shape index (κ2) is 8.99. The highest BCUT2D eigenvalue weighted by atomic mass is 16.2. The molecule has 0 aliphatic carbocycles. The number of allylic oxidation sites excluding steroid dienone is 1. The van der Waals surface area contributed by atoms with Crippen LogP contribution < -0.4 is 11.0 Å². The maximum atomic E-state index is 13.4. The Kier molecular flexibility index (Phi) is 5.52. The van der Waals surface area contributed by atoms with Crippen molar-refractivity contribution in [2.45, 2.75) is 18.9 Å². The van der Waals surface area contributed by atoms with Crippen LogP contribution in [0.4, 0.5) is 0 Å². The Morgan fingerprint density at radius 3 is 2.58 bits per heavy atom. The Morgan fingerprint density at radius 1 is 1.03 bits per heavy atom.